The Hall–Kier alpha value is -1.12. The van der Waals surface area contributed by atoms with E-state index < -0.39 is 15.3 Å². The lowest BCUT2D eigenvalue weighted by atomic mass is 10.1. The number of likely N-dealkylation sites (tertiary alicyclic amines) is 1. The summed E-state index contributed by atoms with van der Waals surface area (Å²) >= 11 is 12.6. The highest BCUT2D eigenvalue weighted by Crippen LogP contribution is 2.27. The zero-order valence-corrected chi connectivity index (χ0v) is 16.2. The van der Waals surface area contributed by atoms with Gasteiger partial charge in [0, 0.05) is 23.7 Å². The van der Waals surface area contributed by atoms with Gasteiger partial charge in [-0.2, -0.15) is 5.10 Å². The normalized spacial score (nSPS) is 19.3. The molecule has 0 bridgehead atoms. The van der Waals surface area contributed by atoms with E-state index in [4.69, 9.17) is 28.3 Å². The number of primary sulfonamides is 1. The van der Waals surface area contributed by atoms with Gasteiger partial charge in [-0.15, -0.1) is 0 Å². The van der Waals surface area contributed by atoms with Crippen LogP contribution in [0.5, 0.6) is 0 Å². The summed E-state index contributed by atoms with van der Waals surface area (Å²) in [4.78, 5) is 2.07. The molecule has 0 spiro atoms. The minimum atomic E-state index is -3.52. The molecule has 0 saturated carbocycles. The van der Waals surface area contributed by atoms with Gasteiger partial charge in [-0.05, 0) is 44.5 Å². The number of benzene rings is 1. The van der Waals surface area contributed by atoms with Crippen molar-refractivity contribution in [3.05, 3.63) is 45.7 Å². The first-order chi connectivity index (χ1) is 11.8. The maximum Gasteiger partial charge on any atom is 0.213 e. The number of nitrogens with zero attached hydrogens (tertiary/aromatic N) is 3. The van der Waals surface area contributed by atoms with Gasteiger partial charge in [0.25, 0.3) is 0 Å². The molecule has 0 aliphatic carbocycles. The van der Waals surface area contributed by atoms with E-state index in [2.05, 4.69) is 10.00 Å². The number of halogens is 2. The molecule has 1 aliphatic rings. The van der Waals surface area contributed by atoms with Crippen LogP contribution >= 0.6 is 23.2 Å². The highest BCUT2D eigenvalue weighted by Gasteiger charge is 2.29. The smallest absolute Gasteiger partial charge is 0.213 e. The standard InChI is InChI=1S/C16H20Cl2N4O2S/c1-11-15(10-21-7-3-6-14(9-21)25(19,23)24)16(18)22(20-11)13-5-2-4-12(17)8-13/h2,4-5,8,14H,3,6-7,9-10H2,1H3,(H2,19,23,24)/t14-/m1/s1. The van der Waals surface area contributed by atoms with Crippen LogP contribution in [0.1, 0.15) is 24.1 Å². The van der Waals surface area contributed by atoms with Crippen molar-refractivity contribution in [1.29, 1.82) is 0 Å². The van der Waals surface area contributed by atoms with Gasteiger partial charge < -0.3 is 0 Å². The second kappa shape index (κ2) is 7.25. The molecule has 1 aromatic carbocycles. The number of aryl methyl sites for hydroxylation is 1. The number of rotatable bonds is 4. The Kier molecular flexibility index (Phi) is 5.41. The predicted molar refractivity (Wildman–Crippen MR) is 99.7 cm³/mol. The van der Waals surface area contributed by atoms with Crippen LogP contribution in [0.15, 0.2) is 24.3 Å². The number of aromatic nitrogens is 2. The van der Waals surface area contributed by atoms with Crippen molar-refractivity contribution >= 4 is 33.2 Å². The van der Waals surface area contributed by atoms with Gasteiger partial charge in [0.1, 0.15) is 5.15 Å². The Morgan fingerprint density at radius 1 is 1.36 bits per heavy atom. The van der Waals surface area contributed by atoms with Crippen molar-refractivity contribution < 1.29 is 8.42 Å². The van der Waals surface area contributed by atoms with Crippen molar-refractivity contribution in [2.75, 3.05) is 13.1 Å². The maximum atomic E-state index is 11.6. The van der Waals surface area contributed by atoms with Crippen molar-refractivity contribution in [1.82, 2.24) is 14.7 Å². The summed E-state index contributed by atoms with van der Waals surface area (Å²) in [6.45, 7) is 3.65. The molecule has 6 nitrogen and oxygen atoms in total. The number of hydrogen-bond acceptors (Lipinski definition) is 4. The molecule has 1 aliphatic heterocycles. The van der Waals surface area contributed by atoms with Crippen LogP contribution in [-0.4, -0.2) is 41.4 Å². The number of hydrogen-bond donors (Lipinski definition) is 1. The van der Waals surface area contributed by atoms with E-state index in [0.717, 1.165) is 29.9 Å². The monoisotopic (exact) mass is 402 g/mol. The summed E-state index contributed by atoms with van der Waals surface area (Å²) < 4.78 is 24.9. The van der Waals surface area contributed by atoms with Gasteiger partial charge in [-0.25, -0.2) is 18.2 Å². The van der Waals surface area contributed by atoms with E-state index in [1.807, 2.05) is 19.1 Å². The summed E-state index contributed by atoms with van der Waals surface area (Å²) in [6, 6.07) is 7.30. The van der Waals surface area contributed by atoms with E-state index in [9.17, 15) is 8.42 Å². The summed E-state index contributed by atoms with van der Waals surface area (Å²) in [6.07, 6.45) is 1.39. The molecule has 0 unspecified atom stereocenters. The zero-order valence-electron chi connectivity index (χ0n) is 13.8. The minimum Gasteiger partial charge on any atom is -0.298 e. The van der Waals surface area contributed by atoms with E-state index in [0.29, 0.717) is 29.7 Å². The lowest BCUT2D eigenvalue weighted by Gasteiger charge is -2.31. The van der Waals surface area contributed by atoms with Crippen LogP contribution in [0.4, 0.5) is 0 Å². The molecule has 2 heterocycles. The molecule has 0 amide bonds. The SMILES string of the molecule is Cc1nn(-c2cccc(Cl)c2)c(Cl)c1CN1CCC[C@@H](S(N)(=O)=O)C1. The van der Waals surface area contributed by atoms with E-state index >= 15 is 0 Å². The molecule has 2 N–H and O–H groups in total. The van der Waals surface area contributed by atoms with Gasteiger partial charge >= 0.3 is 0 Å². The molecule has 3 rings (SSSR count). The van der Waals surface area contributed by atoms with Gasteiger partial charge in [-0.1, -0.05) is 29.3 Å². The third-order valence-corrected chi connectivity index (χ3v) is 6.42. The molecular weight excluding hydrogens is 383 g/mol. The van der Waals surface area contributed by atoms with Crippen LogP contribution in [0, 0.1) is 6.92 Å². The first-order valence-corrected chi connectivity index (χ1v) is 10.4. The molecular formula is C16H20Cl2N4O2S. The topological polar surface area (TPSA) is 81.2 Å². The fraction of sp³-hybridized carbons (Fsp3) is 0.438. The first kappa shape index (κ1) is 18.7. The van der Waals surface area contributed by atoms with Crippen LogP contribution in [-0.2, 0) is 16.6 Å². The van der Waals surface area contributed by atoms with E-state index in [1.165, 1.54) is 0 Å². The Morgan fingerprint density at radius 2 is 2.12 bits per heavy atom. The summed E-state index contributed by atoms with van der Waals surface area (Å²) in [7, 11) is -3.52. The number of piperidine rings is 1. The molecule has 1 atom stereocenters. The van der Waals surface area contributed by atoms with E-state index in [-0.39, 0.29) is 0 Å². The van der Waals surface area contributed by atoms with Gasteiger partial charge in [0.15, 0.2) is 0 Å². The molecule has 0 radical (unpaired) electrons. The minimum absolute atomic E-state index is 0.414. The van der Waals surface area contributed by atoms with Crippen molar-refractivity contribution in [2.45, 2.75) is 31.6 Å². The molecule has 136 valence electrons. The van der Waals surface area contributed by atoms with Crippen molar-refractivity contribution in [2.24, 2.45) is 5.14 Å². The largest absolute Gasteiger partial charge is 0.298 e. The lowest BCUT2D eigenvalue weighted by molar-refractivity contribution is 0.222. The van der Waals surface area contributed by atoms with Crippen molar-refractivity contribution in [3.63, 3.8) is 0 Å². The summed E-state index contributed by atoms with van der Waals surface area (Å²) in [5.74, 6) is 0. The number of nitrogens with two attached hydrogens (primary N) is 1. The third kappa shape index (κ3) is 4.17. The fourth-order valence-electron chi connectivity index (χ4n) is 3.14. The van der Waals surface area contributed by atoms with Gasteiger partial charge in [0.05, 0.1) is 16.6 Å². The molecule has 1 aromatic heterocycles. The average Bonchev–Trinajstić information content (AvgIpc) is 2.83. The van der Waals surface area contributed by atoms with Gasteiger partial charge in [0.2, 0.25) is 10.0 Å². The molecule has 2 aromatic rings. The maximum absolute atomic E-state index is 11.6. The van der Waals surface area contributed by atoms with Crippen LogP contribution < -0.4 is 5.14 Å². The summed E-state index contributed by atoms with van der Waals surface area (Å²) in [5.41, 5.74) is 2.48. The fourth-order valence-corrected chi connectivity index (χ4v) is 4.57. The van der Waals surface area contributed by atoms with Gasteiger partial charge in [-0.3, -0.25) is 4.90 Å². The molecule has 9 heteroatoms. The highest BCUT2D eigenvalue weighted by atomic mass is 35.5. The van der Waals surface area contributed by atoms with E-state index in [1.54, 1.807) is 16.8 Å². The average molecular weight is 403 g/mol. The molecule has 25 heavy (non-hydrogen) atoms. The second-order valence-corrected chi connectivity index (χ2v) is 8.97. The Balaban J connectivity index is 1.84. The Bertz CT molecular complexity index is 882. The predicted octanol–water partition coefficient (Wildman–Crippen LogP) is 2.74. The first-order valence-electron chi connectivity index (χ1n) is 7.99. The molecule has 1 fully saturated rings. The second-order valence-electron chi connectivity index (χ2n) is 6.33. The Morgan fingerprint density at radius 3 is 2.80 bits per heavy atom. The number of sulfonamides is 1. The third-order valence-electron chi connectivity index (χ3n) is 4.48. The lowest BCUT2D eigenvalue weighted by Crippen LogP contribution is -2.44. The quantitative estimate of drug-likeness (QED) is 0.851. The van der Waals surface area contributed by atoms with Crippen LogP contribution in [0.25, 0.3) is 5.69 Å². The van der Waals surface area contributed by atoms with Crippen LogP contribution in [0.3, 0.4) is 0 Å². The highest BCUT2D eigenvalue weighted by molar-refractivity contribution is 7.89. The molecule has 1 saturated heterocycles. The zero-order chi connectivity index (χ0) is 18.2. The van der Waals surface area contributed by atoms with Crippen LogP contribution in [0.2, 0.25) is 10.2 Å². The summed E-state index contributed by atoms with van der Waals surface area (Å²) in [5, 5.41) is 10.4. The van der Waals surface area contributed by atoms with Crippen molar-refractivity contribution in [3.8, 4) is 5.69 Å². The Labute approximate surface area is 157 Å².